The van der Waals surface area contributed by atoms with Crippen LogP contribution in [-0.4, -0.2) is 12.1 Å². The van der Waals surface area contributed by atoms with Crippen LogP contribution in [0.2, 0.25) is 0 Å². The van der Waals surface area contributed by atoms with E-state index in [-0.39, 0.29) is 11.6 Å². The van der Waals surface area contributed by atoms with Crippen LogP contribution in [0.4, 0.5) is 4.39 Å². The van der Waals surface area contributed by atoms with Gasteiger partial charge in [0.1, 0.15) is 5.76 Å². The van der Waals surface area contributed by atoms with Gasteiger partial charge in [-0.25, -0.2) is 9.37 Å². The van der Waals surface area contributed by atoms with Crippen LogP contribution in [-0.2, 0) is 19.5 Å². The normalized spacial score (nSPS) is 10.7. The van der Waals surface area contributed by atoms with Crippen LogP contribution in [0.15, 0.2) is 28.8 Å². The molecule has 0 atom stereocenters. The quantitative estimate of drug-likeness (QED) is 0.871. The molecule has 0 aliphatic rings. The van der Waals surface area contributed by atoms with Crippen molar-refractivity contribution in [2.45, 2.75) is 26.4 Å². The zero-order valence-corrected chi connectivity index (χ0v) is 11.1. The van der Waals surface area contributed by atoms with Gasteiger partial charge in [-0.3, -0.25) is 0 Å². The molecule has 0 aliphatic carbocycles. The first-order valence-electron chi connectivity index (χ1n) is 6.19. The Balaban J connectivity index is 1.87. The summed E-state index contributed by atoms with van der Waals surface area (Å²) in [5.74, 6) is 1.41. The summed E-state index contributed by atoms with van der Waals surface area (Å²) in [6, 6.07) is 4.90. The van der Waals surface area contributed by atoms with Gasteiger partial charge in [-0.05, 0) is 17.7 Å². The third-order valence-electron chi connectivity index (χ3n) is 2.77. The van der Waals surface area contributed by atoms with Crippen LogP contribution in [0.5, 0.6) is 5.75 Å². The second-order valence-electron chi connectivity index (χ2n) is 4.15. The van der Waals surface area contributed by atoms with Gasteiger partial charge >= 0.3 is 0 Å². The highest BCUT2D eigenvalue weighted by atomic mass is 19.1. The molecule has 1 N–H and O–H groups in total. The van der Waals surface area contributed by atoms with Gasteiger partial charge in [0.15, 0.2) is 11.6 Å². The first-order valence-corrected chi connectivity index (χ1v) is 6.19. The van der Waals surface area contributed by atoms with Crippen molar-refractivity contribution < 1.29 is 13.5 Å². The smallest absolute Gasteiger partial charge is 0.208 e. The second-order valence-corrected chi connectivity index (χ2v) is 4.15. The van der Waals surface area contributed by atoms with E-state index in [1.165, 1.54) is 13.2 Å². The Morgan fingerprint density at radius 3 is 2.84 bits per heavy atom. The molecular weight excluding hydrogens is 247 g/mol. The monoisotopic (exact) mass is 264 g/mol. The van der Waals surface area contributed by atoms with Crippen molar-refractivity contribution in [2.75, 3.05) is 7.11 Å². The van der Waals surface area contributed by atoms with Crippen molar-refractivity contribution in [1.29, 1.82) is 0 Å². The Morgan fingerprint density at radius 1 is 1.37 bits per heavy atom. The van der Waals surface area contributed by atoms with Gasteiger partial charge in [0.2, 0.25) is 5.89 Å². The van der Waals surface area contributed by atoms with E-state index in [2.05, 4.69) is 10.3 Å². The van der Waals surface area contributed by atoms with E-state index in [1.807, 2.05) is 13.0 Å². The first-order chi connectivity index (χ1) is 9.22. The number of nitrogens with one attached hydrogen (secondary N) is 1. The van der Waals surface area contributed by atoms with Crippen molar-refractivity contribution >= 4 is 0 Å². The number of aromatic nitrogens is 1. The first kappa shape index (κ1) is 13.5. The molecule has 0 bridgehead atoms. The van der Waals surface area contributed by atoms with E-state index < -0.39 is 0 Å². The molecule has 0 saturated heterocycles. The Labute approximate surface area is 111 Å². The average Bonchev–Trinajstić information content (AvgIpc) is 2.87. The molecule has 1 aromatic carbocycles. The summed E-state index contributed by atoms with van der Waals surface area (Å²) in [6.07, 6.45) is 2.56. The number of halogens is 1. The number of hydrogen-bond acceptors (Lipinski definition) is 4. The van der Waals surface area contributed by atoms with Crippen molar-refractivity contribution in [3.63, 3.8) is 0 Å². The lowest BCUT2D eigenvalue weighted by molar-refractivity contribution is 0.386. The highest BCUT2D eigenvalue weighted by molar-refractivity contribution is 5.29. The minimum atomic E-state index is -0.355. The predicted octanol–water partition coefficient (Wildman–Crippen LogP) is 2.67. The number of aryl methyl sites for hydroxylation is 1. The molecule has 0 amide bonds. The second kappa shape index (κ2) is 6.33. The van der Waals surface area contributed by atoms with Gasteiger partial charge in [0.25, 0.3) is 0 Å². The Hall–Kier alpha value is -1.88. The van der Waals surface area contributed by atoms with Crippen LogP contribution in [0.3, 0.4) is 0 Å². The molecule has 4 nitrogen and oxygen atoms in total. The molecule has 0 saturated carbocycles. The summed E-state index contributed by atoms with van der Waals surface area (Å²) >= 11 is 0. The molecule has 2 rings (SSSR count). The number of ether oxygens (including phenoxy) is 1. The number of hydrogen-bond donors (Lipinski definition) is 1. The van der Waals surface area contributed by atoms with Crippen LogP contribution in [0.25, 0.3) is 0 Å². The number of benzene rings is 1. The van der Waals surface area contributed by atoms with E-state index in [9.17, 15) is 4.39 Å². The van der Waals surface area contributed by atoms with Gasteiger partial charge < -0.3 is 14.5 Å². The van der Waals surface area contributed by atoms with Crippen molar-refractivity contribution in [2.24, 2.45) is 0 Å². The maximum Gasteiger partial charge on any atom is 0.208 e. The standard InChI is InChI=1S/C14H17FN2O2/c1-3-11-8-17-14(19-11)9-16-7-10-4-5-13(18-2)12(15)6-10/h4-6,8,16H,3,7,9H2,1-2H3. The van der Waals surface area contributed by atoms with Crippen LogP contribution < -0.4 is 10.1 Å². The summed E-state index contributed by atoms with van der Waals surface area (Å²) in [6.45, 7) is 3.08. The largest absolute Gasteiger partial charge is 0.494 e. The molecule has 0 unspecified atom stereocenters. The summed E-state index contributed by atoms with van der Waals surface area (Å²) in [5.41, 5.74) is 0.848. The number of rotatable bonds is 6. The maximum absolute atomic E-state index is 13.5. The Morgan fingerprint density at radius 2 is 2.21 bits per heavy atom. The minimum absolute atomic E-state index is 0.254. The third-order valence-corrected chi connectivity index (χ3v) is 2.77. The van der Waals surface area contributed by atoms with E-state index in [0.717, 1.165) is 17.7 Å². The SMILES string of the molecule is CCc1cnc(CNCc2ccc(OC)c(F)c2)o1. The van der Waals surface area contributed by atoms with Crippen molar-refractivity contribution in [3.8, 4) is 5.75 Å². The number of methoxy groups -OCH3 is 1. The Bertz CT molecular complexity index is 540. The Kier molecular flexibility index (Phi) is 4.52. The molecule has 0 fully saturated rings. The molecule has 0 radical (unpaired) electrons. The van der Waals surface area contributed by atoms with E-state index >= 15 is 0 Å². The molecule has 0 spiro atoms. The van der Waals surface area contributed by atoms with Gasteiger partial charge in [-0.1, -0.05) is 13.0 Å². The van der Waals surface area contributed by atoms with Gasteiger partial charge in [0.05, 0.1) is 19.9 Å². The van der Waals surface area contributed by atoms with E-state index in [1.54, 1.807) is 12.3 Å². The molecule has 0 aliphatic heterocycles. The molecule has 5 heteroatoms. The average molecular weight is 264 g/mol. The summed E-state index contributed by atoms with van der Waals surface area (Å²) in [4.78, 5) is 4.14. The van der Waals surface area contributed by atoms with Crippen molar-refractivity contribution in [1.82, 2.24) is 10.3 Å². The minimum Gasteiger partial charge on any atom is -0.494 e. The van der Waals surface area contributed by atoms with Crippen LogP contribution in [0, 0.1) is 5.82 Å². The molecule has 2 aromatic rings. The van der Waals surface area contributed by atoms with Crippen LogP contribution in [0.1, 0.15) is 24.1 Å². The maximum atomic E-state index is 13.5. The lowest BCUT2D eigenvalue weighted by Gasteiger charge is -2.05. The van der Waals surface area contributed by atoms with Crippen molar-refractivity contribution in [3.05, 3.63) is 47.4 Å². The molecule has 1 heterocycles. The zero-order valence-electron chi connectivity index (χ0n) is 11.1. The third kappa shape index (κ3) is 3.54. The number of oxazole rings is 1. The number of nitrogens with zero attached hydrogens (tertiary/aromatic N) is 1. The van der Waals surface area contributed by atoms with Crippen LogP contribution >= 0.6 is 0 Å². The lowest BCUT2D eigenvalue weighted by atomic mass is 10.2. The lowest BCUT2D eigenvalue weighted by Crippen LogP contribution is -2.13. The summed E-state index contributed by atoms with van der Waals surface area (Å²) < 4.78 is 23.8. The molecule has 1 aromatic heterocycles. The van der Waals surface area contributed by atoms with Gasteiger partial charge in [0, 0.05) is 13.0 Å². The highest BCUT2D eigenvalue weighted by Crippen LogP contribution is 2.17. The fourth-order valence-corrected chi connectivity index (χ4v) is 1.73. The zero-order chi connectivity index (χ0) is 13.7. The summed E-state index contributed by atoms with van der Waals surface area (Å²) in [7, 11) is 1.45. The van der Waals surface area contributed by atoms with Gasteiger partial charge in [-0.15, -0.1) is 0 Å². The van der Waals surface area contributed by atoms with E-state index in [0.29, 0.717) is 19.0 Å². The fourth-order valence-electron chi connectivity index (χ4n) is 1.73. The molecule has 19 heavy (non-hydrogen) atoms. The van der Waals surface area contributed by atoms with Gasteiger partial charge in [-0.2, -0.15) is 0 Å². The summed E-state index contributed by atoms with van der Waals surface area (Å²) in [5, 5.41) is 3.16. The van der Waals surface area contributed by atoms with E-state index in [4.69, 9.17) is 9.15 Å². The molecule has 102 valence electrons. The fraction of sp³-hybridized carbons (Fsp3) is 0.357. The highest BCUT2D eigenvalue weighted by Gasteiger charge is 2.04. The topological polar surface area (TPSA) is 47.3 Å². The molecular formula is C14H17FN2O2. The predicted molar refractivity (Wildman–Crippen MR) is 69.4 cm³/mol.